The van der Waals surface area contributed by atoms with Crippen molar-refractivity contribution >= 4 is 27.1 Å². The summed E-state index contributed by atoms with van der Waals surface area (Å²) in [4.78, 5) is 16.3. The highest BCUT2D eigenvalue weighted by Gasteiger charge is 2.14. The summed E-state index contributed by atoms with van der Waals surface area (Å²) in [6.07, 6.45) is 5.12. The standard InChI is InChI=1S/C12H14N6OS/c1-12(2,3)17-7-8(6-14-17)15-10-16-18-9(19)4-5-13-11(18)20-10/h4-7H,1-3H3,(H,15,16). The van der Waals surface area contributed by atoms with Crippen LogP contribution in [0.4, 0.5) is 10.8 Å². The summed E-state index contributed by atoms with van der Waals surface area (Å²) in [6.45, 7) is 6.22. The van der Waals surface area contributed by atoms with E-state index in [0.29, 0.717) is 10.1 Å². The summed E-state index contributed by atoms with van der Waals surface area (Å²) in [5, 5.41) is 12.2. The minimum absolute atomic E-state index is 0.0774. The van der Waals surface area contributed by atoms with Gasteiger partial charge in [0.15, 0.2) is 0 Å². The summed E-state index contributed by atoms with van der Waals surface area (Å²) in [6, 6.07) is 1.38. The average Bonchev–Trinajstić information content (AvgIpc) is 2.96. The normalized spacial score (nSPS) is 11.9. The molecule has 0 unspecified atom stereocenters. The number of fused-ring (bicyclic) bond motifs is 1. The lowest BCUT2D eigenvalue weighted by Gasteiger charge is -2.18. The average molecular weight is 290 g/mol. The Balaban J connectivity index is 1.91. The van der Waals surface area contributed by atoms with Crippen LogP contribution < -0.4 is 10.9 Å². The van der Waals surface area contributed by atoms with E-state index in [1.807, 2.05) is 10.9 Å². The molecule has 7 nitrogen and oxygen atoms in total. The molecule has 3 rings (SSSR count). The molecule has 0 aliphatic heterocycles. The van der Waals surface area contributed by atoms with Gasteiger partial charge in [0, 0.05) is 18.5 Å². The van der Waals surface area contributed by atoms with Gasteiger partial charge < -0.3 is 5.32 Å². The first-order valence-corrected chi connectivity index (χ1v) is 6.92. The van der Waals surface area contributed by atoms with E-state index in [4.69, 9.17) is 0 Å². The summed E-state index contributed by atoms with van der Waals surface area (Å²) in [5.74, 6) is 0. The maximum atomic E-state index is 11.6. The molecule has 8 heteroatoms. The molecule has 20 heavy (non-hydrogen) atoms. The molecule has 0 amide bonds. The van der Waals surface area contributed by atoms with Crippen molar-refractivity contribution in [1.29, 1.82) is 0 Å². The number of hydrogen-bond acceptors (Lipinski definition) is 6. The molecule has 0 bridgehead atoms. The SMILES string of the molecule is CC(C)(C)n1cc(Nc2nn3c(=O)ccnc3s2)cn1. The van der Waals surface area contributed by atoms with Crippen LogP contribution in [0.3, 0.4) is 0 Å². The van der Waals surface area contributed by atoms with Gasteiger partial charge in [-0.25, -0.2) is 4.98 Å². The van der Waals surface area contributed by atoms with Crippen LogP contribution in [-0.4, -0.2) is 24.4 Å². The molecule has 0 fully saturated rings. The Bertz CT molecular complexity index is 809. The summed E-state index contributed by atoms with van der Waals surface area (Å²) < 4.78 is 3.15. The van der Waals surface area contributed by atoms with Crippen molar-refractivity contribution in [2.75, 3.05) is 5.32 Å². The predicted octanol–water partition coefficient (Wildman–Crippen LogP) is 1.85. The highest BCUT2D eigenvalue weighted by molar-refractivity contribution is 7.20. The highest BCUT2D eigenvalue weighted by atomic mass is 32.1. The van der Waals surface area contributed by atoms with Crippen molar-refractivity contribution in [3.05, 3.63) is 35.0 Å². The second-order valence-corrected chi connectivity index (χ2v) is 6.31. The van der Waals surface area contributed by atoms with Gasteiger partial charge in [0.05, 0.1) is 17.4 Å². The van der Waals surface area contributed by atoms with Crippen molar-refractivity contribution in [3.8, 4) is 0 Å². The van der Waals surface area contributed by atoms with Gasteiger partial charge in [-0.2, -0.15) is 9.61 Å². The third-order valence-electron chi connectivity index (χ3n) is 2.69. The van der Waals surface area contributed by atoms with E-state index < -0.39 is 0 Å². The van der Waals surface area contributed by atoms with Gasteiger partial charge in [0.25, 0.3) is 5.56 Å². The van der Waals surface area contributed by atoms with Crippen LogP contribution in [0.2, 0.25) is 0 Å². The van der Waals surface area contributed by atoms with Crippen LogP contribution in [0.25, 0.3) is 4.96 Å². The van der Waals surface area contributed by atoms with E-state index in [1.54, 1.807) is 6.20 Å². The zero-order valence-corrected chi connectivity index (χ0v) is 12.2. The molecule has 0 saturated carbocycles. The molecular formula is C12H14N6OS. The lowest BCUT2D eigenvalue weighted by molar-refractivity contribution is 0.355. The smallest absolute Gasteiger partial charge is 0.275 e. The van der Waals surface area contributed by atoms with Crippen molar-refractivity contribution < 1.29 is 0 Å². The van der Waals surface area contributed by atoms with Gasteiger partial charge in [-0.05, 0) is 20.8 Å². The minimum Gasteiger partial charge on any atom is -0.327 e. The Labute approximate surface area is 118 Å². The topological polar surface area (TPSA) is 77.1 Å². The Hall–Kier alpha value is -2.22. The zero-order chi connectivity index (χ0) is 14.3. The van der Waals surface area contributed by atoms with E-state index in [9.17, 15) is 4.79 Å². The number of rotatable bonds is 2. The molecule has 0 radical (unpaired) electrons. The molecule has 0 aliphatic carbocycles. The van der Waals surface area contributed by atoms with Crippen molar-refractivity contribution in [2.24, 2.45) is 0 Å². The van der Waals surface area contributed by atoms with Crippen molar-refractivity contribution in [1.82, 2.24) is 24.4 Å². The zero-order valence-electron chi connectivity index (χ0n) is 11.4. The molecule has 0 saturated heterocycles. The molecule has 3 aromatic heterocycles. The Morgan fingerprint density at radius 2 is 2.15 bits per heavy atom. The molecule has 3 aromatic rings. The van der Waals surface area contributed by atoms with Crippen LogP contribution in [0, 0.1) is 0 Å². The maximum absolute atomic E-state index is 11.6. The molecular weight excluding hydrogens is 276 g/mol. The number of nitrogens with one attached hydrogen (secondary N) is 1. The Morgan fingerprint density at radius 3 is 2.80 bits per heavy atom. The first kappa shape index (κ1) is 12.8. The van der Waals surface area contributed by atoms with Crippen LogP contribution in [0.1, 0.15) is 20.8 Å². The fourth-order valence-electron chi connectivity index (χ4n) is 1.67. The molecule has 1 N–H and O–H groups in total. The molecule has 3 heterocycles. The van der Waals surface area contributed by atoms with E-state index in [1.165, 1.54) is 28.1 Å². The van der Waals surface area contributed by atoms with Gasteiger partial charge in [-0.15, -0.1) is 5.10 Å². The van der Waals surface area contributed by atoms with Crippen molar-refractivity contribution in [3.63, 3.8) is 0 Å². The lowest BCUT2D eigenvalue weighted by atomic mass is 10.1. The van der Waals surface area contributed by atoms with Crippen LogP contribution in [-0.2, 0) is 5.54 Å². The molecule has 0 aromatic carbocycles. The van der Waals surface area contributed by atoms with E-state index in [2.05, 4.69) is 41.3 Å². The highest BCUT2D eigenvalue weighted by Crippen LogP contribution is 2.22. The Kier molecular flexibility index (Phi) is 2.82. The number of hydrogen-bond donors (Lipinski definition) is 1. The van der Waals surface area contributed by atoms with Crippen LogP contribution in [0.15, 0.2) is 29.5 Å². The second kappa shape index (κ2) is 4.41. The van der Waals surface area contributed by atoms with E-state index in [-0.39, 0.29) is 11.1 Å². The molecule has 0 spiro atoms. The van der Waals surface area contributed by atoms with Gasteiger partial charge in [-0.1, -0.05) is 11.3 Å². The fraction of sp³-hybridized carbons (Fsp3) is 0.333. The van der Waals surface area contributed by atoms with E-state index in [0.717, 1.165) is 5.69 Å². The Morgan fingerprint density at radius 1 is 1.35 bits per heavy atom. The first-order chi connectivity index (χ1) is 9.43. The van der Waals surface area contributed by atoms with E-state index >= 15 is 0 Å². The summed E-state index contributed by atoms with van der Waals surface area (Å²) in [7, 11) is 0. The van der Waals surface area contributed by atoms with Gasteiger partial charge in [0.1, 0.15) is 0 Å². The summed E-state index contributed by atoms with van der Waals surface area (Å²) >= 11 is 1.32. The minimum atomic E-state index is -0.190. The molecule has 0 aliphatic rings. The third kappa shape index (κ3) is 2.29. The second-order valence-electron chi connectivity index (χ2n) is 5.35. The predicted molar refractivity (Wildman–Crippen MR) is 77.6 cm³/mol. The molecule has 104 valence electrons. The van der Waals surface area contributed by atoms with Crippen LogP contribution >= 0.6 is 11.3 Å². The quantitative estimate of drug-likeness (QED) is 0.779. The third-order valence-corrected chi connectivity index (χ3v) is 3.53. The fourth-order valence-corrected chi connectivity index (χ4v) is 2.47. The first-order valence-electron chi connectivity index (χ1n) is 6.10. The van der Waals surface area contributed by atoms with Crippen molar-refractivity contribution in [2.45, 2.75) is 26.3 Å². The largest absolute Gasteiger partial charge is 0.327 e. The monoisotopic (exact) mass is 290 g/mol. The van der Waals surface area contributed by atoms with Crippen LogP contribution in [0.5, 0.6) is 0 Å². The summed E-state index contributed by atoms with van der Waals surface area (Å²) in [5.41, 5.74) is 0.558. The number of anilines is 2. The van der Waals surface area contributed by atoms with Gasteiger partial charge in [0.2, 0.25) is 10.1 Å². The number of aromatic nitrogens is 5. The maximum Gasteiger partial charge on any atom is 0.275 e. The van der Waals surface area contributed by atoms with Gasteiger partial charge >= 0.3 is 0 Å². The number of nitrogens with zero attached hydrogens (tertiary/aromatic N) is 5. The lowest BCUT2D eigenvalue weighted by Crippen LogP contribution is -2.21. The molecule has 0 atom stereocenters. The van der Waals surface area contributed by atoms with Gasteiger partial charge in [-0.3, -0.25) is 9.48 Å².